The average Bonchev–Trinajstić information content (AvgIpc) is 3.50. The minimum Gasteiger partial charge on any atom is -0.496 e. The number of hydrogen-bond acceptors (Lipinski definition) is 10. The Balaban J connectivity index is 1.55. The van der Waals surface area contributed by atoms with Gasteiger partial charge in [-0.25, -0.2) is 0 Å². The maximum Gasteiger partial charge on any atom is 0.255 e. The van der Waals surface area contributed by atoms with Gasteiger partial charge in [-0.15, -0.1) is 20.4 Å². The summed E-state index contributed by atoms with van der Waals surface area (Å²) in [5.74, 6) is 1.02. The molecule has 11 nitrogen and oxygen atoms in total. The number of aromatic nitrogens is 5. The number of benzene rings is 2. The van der Waals surface area contributed by atoms with Crippen molar-refractivity contribution in [1.29, 1.82) is 0 Å². The van der Waals surface area contributed by atoms with E-state index in [-0.39, 0.29) is 24.1 Å². The van der Waals surface area contributed by atoms with E-state index in [2.05, 4.69) is 31.0 Å². The maximum absolute atomic E-state index is 12.8. The summed E-state index contributed by atoms with van der Waals surface area (Å²) in [6.45, 7) is 1.89. The molecule has 0 aliphatic heterocycles. The van der Waals surface area contributed by atoms with Gasteiger partial charge in [0.2, 0.25) is 11.0 Å². The van der Waals surface area contributed by atoms with Crippen LogP contribution in [0.4, 0.5) is 5.13 Å². The van der Waals surface area contributed by atoms with E-state index < -0.39 is 0 Å². The first-order valence-electron chi connectivity index (χ1n) is 10.7. The molecule has 2 aromatic carbocycles. The number of nitrogens with zero attached hydrogens (tertiary/aromatic N) is 5. The molecule has 2 aromatic heterocycles. The third-order valence-corrected chi connectivity index (χ3v) is 6.57. The zero-order valence-electron chi connectivity index (χ0n) is 19.7. The monoisotopic (exact) mass is 525 g/mol. The Bertz CT molecular complexity index is 1370. The molecule has 186 valence electrons. The zero-order chi connectivity index (χ0) is 25.5. The highest BCUT2D eigenvalue weighted by Gasteiger charge is 2.20. The van der Waals surface area contributed by atoms with Crippen LogP contribution >= 0.6 is 23.1 Å². The predicted octanol–water partition coefficient (Wildman–Crippen LogP) is 3.11. The van der Waals surface area contributed by atoms with Crippen LogP contribution in [0.15, 0.2) is 53.7 Å². The number of thioether (sulfide) groups is 1. The van der Waals surface area contributed by atoms with E-state index >= 15 is 0 Å². The third kappa shape index (κ3) is 5.80. The lowest BCUT2D eigenvalue weighted by molar-refractivity contribution is -0.113. The van der Waals surface area contributed by atoms with Gasteiger partial charge in [0.25, 0.3) is 5.91 Å². The Morgan fingerprint density at radius 1 is 0.972 bits per heavy atom. The molecule has 4 aromatic rings. The van der Waals surface area contributed by atoms with Crippen LogP contribution < -0.4 is 20.1 Å². The van der Waals surface area contributed by atoms with E-state index in [1.165, 1.54) is 30.2 Å². The molecule has 0 bridgehead atoms. The molecule has 2 N–H and O–H groups in total. The number of ether oxygens (including phenoxy) is 2. The fourth-order valence-electron chi connectivity index (χ4n) is 3.28. The van der Waals surface area contributed by atoms with Gasteiger partial charge < -0.3 is 14.8 Å². The number of para-hydroxylation sites is 3. The highest BCUT2D eigenvalue weighted by Crippen LogP contribution is 2.29. The highest BCUT2D eigenvalue weighted by atomic mass is 32.2. The minimum atomic E-state index is -0.317. The second-order valence-electron chi connectivity index (χ2n) is 7.25. The van der Waals surface area contributed by atoms with Crippen molar-refractivity contribution >= 4 is 40.0 Å². The van der Waals surface area contributed by atoms with Crippen molar-refractivity contribution in [2.75, 3.05) is 25.3 Å². The number of hydrogen-bond donors (Lipinski definition) is 2. The first-order valence-corrected chi connectivity index (χ1v) is 12.5. The van der Waals surface area contributed by atoms with Crippen molar-refractivity contribution in [2.45, 2.75) is 18.6 Å². The summed E-state index contributed by atoms with van der Waals surface area (Å²) in [7, 11) is 3.08. The standard InChI is InChI=1S/C23H23N7O4S2/c1-14-26-28-22(36-14)25-20(31)13-35-23-29-27-19(30(23)16-9-5-7-11-18(16)34-3)12-24-21(32)15-8-4-6-10-17(15)33-2/h4-11H,12-13H2,1-3H3,(H,24,32)(H,25,28,31). The molecule has 0 radical (unpaired) electrons. The minimum absolute atomic E-state index is 0.0689. The van der Waals surface area contributed by atoms with E-state index in [1.807, 2.05) is 31.2 Å². The largest absolute Gasteiger partial charge is 0.496 e. The molecule has 0 unspecified atom stereocenters. The molecule has 0 atom stereocenters. The first kappa shape index (κ1) is 25.1. The molecule has 2 amide bonds. The van der Waals surface area contributed by atoms with E-state index in [4.69, 9.17) is 9.47 Å². The van der Waals surface area contributed by atoms with Crippen LogP contribution in [0.25, 0.3) is 5.69 Å². The molecule has 0 fully saturated rings. The van der Waals surface area contributed by atoms with Gasteiger partial charge in [0.15, 0.2) is 11.0 Å². The van der Waals surface area contributed by atoms with E-state index in [1.54, 1.807) is 35.9 Å². The Labute approximate surface area is 215 Å². The Morgan fingerprint density at radius 2 is 1.69 bits per heavy atom. The van der Waals surface area contributed by atoms with Crippen LogP contribution in [0.5, 0.6) is 11.5 Å². The van der Waals surface area contributed by atoms with Gasteiger partial charge in [-0.1, -0.05) is 47.4 Å². The molecule has 13 heteroatoms. The summed E-state index contributed by atoms with van der Waals surface area (Å²) < 4.78 is 12.6. The van der Waals surface area contributed by atoms with E-state index in [9.17, 15) is 9.59 Å². The van der Waals surface area contributed by atoms with Crippen molar-refractivity contribution in [1.82, 2.24) is 30.3 Å². The molecule has 36 heavy (non-hydrogen) atoms. The lowest BCUT2D eigenvalue weighted by Crippen LogP contribution is -2.25. The van der Waals surface area contributed by atoms with E-state index in [0.717, 1.165) is 5.01 Å². The molecular formula is C23H23N7O4S2. The molecule has 0 saturated carbocycles. The van der Waals surface area contributed by atoms with Crippen molar-refractivity contribution in [3.05, 3.63) is 64.9 Å². The van der Waals surface area contributed by atoms with Crippen LogP contribution in [0, 0.1) is 6.92 Å². The van der Waals surface area contributed by atoms with Gasteiger partial charge >= 0.3 is 0 Å². The van der Waals surface area contributed by atoms with Crippen LogP contribution in [0.3, 0.4) is 0 Å². The van der Waals surface area contributed by atoms with Gasteiger partial charge in [0.1, 0.15) is 16.5 Å². The third-order valence-electron chi connectivity index (χ3n) is 4.89. The second-order valence-corrected chi connectivity index (χ2v) is 9.38. The quantitative estimate of drug-likeness (QED) is 0.300. The van der Waals surface area contributed by atoms with Crippen molar-refractivity contribution in [3.63, 3.8) is 0 Å². The van der Waals surface area contributed by atoms with Gasteiger partial charge in [0.05, 0.1) is 37.8 Å². The zero-order valence-corrected chi connectivity index (χ0v) is 21.4. The summed E-state index contributed by atoms with van der Waals surface area (Å²) in [5, 5.41) is 23.6. The Hall–Kier alpha value is -3.97. The fourth-order valence-corrected chi connectivity index (χ4v) is 4.66. The SMILES string of the molecule is COc1ccccc1C(=O)NCc1nnc(SCC(=O)Nc2nnc(C)s2)n1-c1ccccc1OC. The molecular weight excluding hydrogens is 502 g/mol. The fraction of sp³-hybridized carbons (Fsp3) is 0.217. The Morgan fingerprint density at radius 3 is 2.42 bits per heavy atom. The first-order chi connectivity index (χ1) is 17.5. The molecule has 2 heterocycles. The number of nitrogens with one attached hydrogen (secondary N) is 2. The summed E-state index contributed by atoms with van der Waals surface area (Å²) in [6, 6.07) is 14.3. The predicted molar refractivity (Wildman–Crippen MR) is 136 cm³/mol. The summed E-state index contributed by atoms with van der Waals surface area (Å²) in [4.78, 5) is 25.3. The second kappa shape index (κ2) is 11.6. The number of aryl methyl sites for hydroxylation is 1. The lowest BCUT2D eigenvalue weighted by atomic mass is 10.2. The van der Waals surface area contributed by atoms with Gasteiger partial charge in [0, 0.05) is 0 Å². The summed E-state index contributed by atoms with van der Waals surface area (Å²) >= 11 is 2.49. The molecule has 4 rings (SSSR count). The number of anilines is 1. The van der Waals surface area contributed by atoms with Gasteiger partial charge in [-0.3, -0.25) is 19.5 Å². The van der Waals surface area contributed by atoms with Gasteiger partial charge in [-0.05, 0) is 31.2 Å². The molecule has 0 saturated heterocycles. The van der Waals surface area contributed by atoms with E-state index in [0.29, 0.717) is 38.9 Å². The topological polar surface area (TPSA) is 133 Å². The Kier molecular flexibility index (Phi) is 8.13. The normalized spacial score (nSPS) is 10.6. The van der Waals surface area contributed by atoms with Crippen LogP contribution in [-0.2, 0) is 11.3 Å². The van der Waals surface area contributed by atoms with Crippen LogP contribution in [-0.4, -0.2) is 56.7 Å². The number of rotatable bonds is 10. The highest BCUT2D eigenvalue weighted by molar-refractivity contribution is 7.99. The van der Waals surface area contributed by atoms with Crippen LogP contribution in [0.2, 0.25) is 0 Å². The summed E-state index contributed by atoms with van der Waals surface area (Å²) in [5.41, 5.74) is 1.08. The summed E-state index contributed by atoms with van der Waals surface area (Å²) in [6.07, 6.45) is 0. The number of carbonyl (C=O) groups excluding carboxylic acids is 2. The molecule has 0 aliphatic rings. The van der Waals surface area contributed by atoms with Crippen molar-refractivity contribution < 1.29 is 19.1 Å². The van der Waals surface area contributed by atoms with Gasteiger partial charge in [-0.2, -0.15) is 0 Å². The van der Waals surface area contributed by atoms with Crippen molar-refractivity contribution in [2.24, 2.45) is 0 Å². The molecule has 0 aliphatic carbocycles. The van der Waals surface area contributed by atoms with Crippen LogP contribution in [0.1, 0.15) is 21.2 Å². The van der Waals surface area contributed by atoms with Crippen molar-refractivity contribution in [3.8, 4) is 17.2 Å². The number of amides is 2. The lowest BCUT2D eigenvalue weighted by Gasteiger charge is -2.14. The smallest absolute Gasteiger partial charge is 0.255 e. The maximum atomic E-state index is 12.8. The average molecular weight is 526 g/mol. The number of carbonyl (C=O) groups is 2. The number of methoxy groups -OCH3 is 2. The molecule has 0 spiro atoms.